The van der Waals surface area contributed by atoms with E-state index in [1.807, 2.05) is 43.3 Å². The molecule has 5 nitrogen and oxygen atoms in total. The van der Waals surface area contributed by atoms with Crippen LogP contribution in [0.25, 0.3) is 0 Å². The first-order valence-electron chi connectivity index (χ1n) is 9.73. The quantitative estimate of drug-likeness (QED) is 0.839. The average Bonchev–Trinajstić information content (AvgIpc) is 3.35. The molecule has 4 rings (SSSR count). The van der Waals surface area contributed by atoms with E-state index in [1.54, 1.807) is 11.0 Å². The van der Waals surface area contributed by atoms with Crippen molar-refractivity contribution in [1.29, 1.82) is 0 Å². The molecular formula is C22H24ClN3O2. The van der Waals surface area contributed by atoms with Gasteiger partial charge in [0.25, 0.3) is 0 Å². The third-order valence-corrected chi connectivity index (χ3v) is 5.98. The van der Waals surface area contributed by atoms with Gasteiger partial charge in [-0.05, 0) is 61.7 Å². The molecule has 2 aromatic carbocycles. The number of rotatable bonds is 4. The molecule has 2 amide bonds. The summed E-state index contributed by atoms with van der Waals surface area (Å²) >= 11 is 6.19. The van der Waals surface area contributed by atoms with E-state index in [0.717, 1.165) is 30.0 Å². The van der Waals surface area contributed by atoms with Gasteiger partial charge in [0, 0.05) is 48.1 Å². The standard InChI is InChI=1S/C22H24ClN3O2/c1-15-4-7-19(13-20(15)23)26-14-16(12-21(26)27)22(28)24-17-5-8-18(9-6-17)25-10-2-3-11-25/h4-9,13,16H,2-3,10-12,14H2,1H3,(H,24,28). The zero-order valence-corrected chi connectivity index (χ0v) is 16.7. The number of hydrogen-bond acceptors (Lipinski definition) is 3. The largest absolute Gasteiger partial charge is 0.372 e. The van der Waals surface area contributed by atoms with Crippen molar-refractivity contribution in [3.8, 4) is 0 Å². The number of nitrogens with one attached hydrogen (secondary N) is 1. The third kappa shape index (κ3) is 3.85. The second-order valence-corrected chi connectivity index (χ2v) is 7.98. The maximum atomic E-state index is 12.7. The maximum Gasteiger partial charge on any atom is 0.229 e. The van der Waals surface area contributed by atoms with Crippen LogP contribution in [0, 0.1) is 12.8 Å². The van der Waals surface area contributed by atoms with Crippen molar-refractivity contribution >= 4 is 40.5 Å². The summed E-state index contributed by atoms with van der Waals surface area (Å²) in [7, 11) is 0. The molecule has 28 heavy (non-hydrogen) atoms. The summed E-state index contributed by atoms with van der Waals surface area (Å²) in [6.45, 7) is 4.47. The van der Waals surface area contributed by atoms with Crippen LogP contribution in [0.2, 0.25) is 5.02 Å². The van der Waals surface area contributed by atoms with Gasteiger partial charge in [0.05, 0.1) is 5.92 Å². The highest BCUT2D eigenvalue weighted by atomic mass is 35.5. The number of amides is 2. The molecular weight excluding hydrogens is 374 g/mol. The Kier molecular flexibility index (Phi) is 5.27. The van der Waals surface area contributed by atoms with Gasteiger partial charge in [-0.2, -0.15) is 0 Å². The number of aryl methyl sites for hydroxylation is 1. The molecule has 1 N–H and O–H groups in total. The molecule has 0 aromatic heterocycles. The Hall–Kier alpha value is -2.53. The van der Waals surface area contributed by atoms with E-state index in [0.29, 0.717) is 11.6 Å². The van der Waals surface area contributed by atoms with E-state index in [4.69, 9.17) is 11.6 Å². The molecule has 146 valence electrons. The first-order chi connectivity index (χ1) is 13.5. The molecule has 0 bridgehead atoms. The fraction of sp³-hybridized carbons (Fsp3) is 0.364. The minimum atomic E-state index is -0.370. The summed E-state index contributed by atoms with van der Waals surface area (Å²) in [5.74, 6) is -0.543. The summed E-state index contributed by atoms with van der Waals surface area (Å²) < 4.78 is 0. The van der Waals surface area contributed by atoms with Crippen molar-refractivity contribution in [2.24, 2.45) is 5.92 Å². The molecule has 0 radical (unpaired) electrons. The van der Waals surface area contributed by atoms with E-state index in [-0.39, 0.29) is 24.2 Å². The highest BCUT2D eigenvalue weighted by Gasteiger charge is 2.35. The number of benzene rings is 2. The van der Waals surface area contributed by atoms with E-state index >= 15 is 0 Å². The van der Waals surface area contributed by atoms with E-state index in [9.17, 15) is 9.59 Å². The number of halogens is 1. The first kappa shape index (κ1) is 18.8. The Balaban J connectivity index is 1.39. The second-order valence-electron chi connectivity index (χ2n) is 7.57. The van der Waals surface area contributed by atoms with Crippen molar-refractivity contribution in [3.05, 3.63) is 53.1 Å². The number of carbonyl (C=O) groups excluding carboxylic acids is 2. The monoisotopic (exact) mass is 397 g/mol. The van der Waals surface area contributed by atoms with Crippen molar-refractivity contribution in [1.82, 2.24) is 0 Å². The maximum absolute atomic E-state index is 12.7. The van der Waals surface area contributed by atoms with Crippen molar-refractivity contribution in [2.75, 3.05) is 34.8 Å². The molecule has 2 aromatic rings. The number of nitrogens with zero attached hydrogens (tertiary/aromatic N) is 2. The van der Waals surface area contributed by atoms with Crippen LogP contribution in [0.5, 0.6) is 0 Å². The van der Waals surface area contributed by atoms with E-state index in [2.05, 4.69) is 10.2 Å². The van der Waals surface area contributed by atoms with Gasteiger partial charge in [-0.1, -0.05) is 17.7 Å². The van der Waals surface area contributed by atoms with E-state index < -0.39 is 0 Å². The zero-order chi connectivity index (χ0) is 19.7. The summed E-state index contributed by atoms with van der Waals surface area (Å²) in [6.07, 6.45) is 2.68. The summed E-state index contributed by atoms with van der Waals surface area (Å²) in [6, 6.07) is 13.5. The minimum Gasteiger partial charge on any atom is -0.372 e. The van der Waals surface area contributed by atoms with Crippen molar-refractivity contribution in [3.63, 3.8) is 0 Å². The SMILES string of the molecule is Cc1ccc(N2CC(C(=O)Nc3ccc(N4CCCC4)cc3)CC2=O)cc1Cl. The molecule has 2 fully saturated rings. The molecule has 2 saturated heterocycles. The molecule has 2 heterocycles. The topological polar surface area (TPSA) is 52.7 Å². The molecule has 1 atom stereocenters. The van der Waals surface area contributed by atoms with Gasteiger partial charge in [0.2, 0.25) is 11.8 Å². The second kappa shape index (κ2) is 7.84. The van der Waals surface area contributed by atoms with Gasteiger partial charge >= 0.3 is 0 Å². The Labute approximate surface area is 170 Å². The van der Waals surface area contributed by atoms with Gasteiger partial charge in [-0.15, -0.1) is 0 Å². The molecule has 2 aliphatic rings. The predicted molar refractivity (Wildman–Crippen MR) is 113 cm³/mol. The van der Waals surface area contributed by atoms with Crippen LogP contribution in [0.1, 0.15) is 24.8 Å². The number of hydrogen-bond donors (Lipinski definition) is 1. The van der Waals surface area contributed by atoms with Crippen LogP contribution in [-0.4, -0.2) is 31.4 Å². The van der Waals surface area contributed by atoms with Crippen LogP contribution in [0.15, 0.2) is 42.5 Å². The Bertz CT molecular complexity index is 891. The molecule has 0 spiro atoms. The highest BCUT2D eigenvalue weighted by molar-refractivity contribution is 6.31. The minimum absolute atomic E-state index is 0.0514. The van der Waals surface area contributed by atoms with Crippen LogP contribution in [0.3, 0.4) is 0 Å². The van der Waals surface area contributed by atoms with E-state index in [1.165, 1.54) is 18.5 Å². The van der Waals surface area contributed by atoms with Crippen LogP contribution >= 0.6 is 11.6 Å². The average molecular weight is 398 g/mol. The summed E-state index contributed by atoms with van der Waals surface area (Å²) in [5.41, 5.74) is 3.65. The fourth-order valence-corrected chi connectivity index (χ4v) is 4.03. The lowest BCUT2D eigenvalue weighted by Gasteiger charge is -2.19. The lowest BCUT2D eigenvalue weighted by molar-refractivity contribution is -0.122. The van der Waals surface area contributed by atoms with Crippen LogP contribution in [0.4, 0.5) is 17.1 Å². The van der Waals surface area contributed by atoms with Crippen molar-refractivity contribution < 1.29 is 9.59 Å². The Morgan fingerprint density at radius 3 is 2.43 bits per heavy atom. The predicted octanol–water partition coefficient (Wildman–Crippen LogP) is 4.24. The van der Waals surface area contributed by atoms with Gasteiger partial charge in [-0.3, -0.25) is 9.59 Å². The first-order valence-corrected chi connectivity index (χ1v) is 10.1. The van der Waals surface area contributed by atoms with Crippen LogP contribution < -0.4 is 15.1 Å². The third-order valence-electron chi connectivity index (χ3n) is 5.57. The Morgan fingerprint density at radius 1 is 1.07 bits per heavy atom. The normalized spacial score (nSPS) is 19.4. The van der Waals surface area contributed by atoms with Crippen molar-refractivity contribution in [2.45, 2.75) is 26.2 Å². The fourth-order valence-electron chi connectivity index (χ4n) is 3.86. The van der Waals surface area contributed by atoms with Gasteiger partial charge in [0.1, 0.15) is 0 Å². The smallest absolute Gasteiger partial charge is 0.229 e. The highest BCUT2D eigenvalue weighted by Crippen LogP contribution is 2.29. The Morgan fingerprint density at radius 2 is 1.75 bits per heavy atom. The zero-order valence-electron chi connectivity index (χ0n) is 16.0. The molecule has 1 unspecified atom stereocenters. The van der Waals surface area contributed by atoms with Gasteiger partial charge < -0.3 is 15.1 Å². The van der Waals surface area contributed by atoms with Gasteiger partial charge in [0.15, 0.2) is 0 Å². The van der Waals surface area contributed by atoms with Gasteiger partial charge in [-0.25, -0.2) is 0 Å². The summed E-state index contributed by atoms with van der Waals surface area (Å²) in [5, 5.41) is 3.57. The number of carbonyl (C=O) groups is 2. The van der Waals surface area contributed by atoms with Crippen LogP contribution in [-0.2, 0) is 9.59 Å². The molecule has 2 aliphatic heterocycles. The lowest BCUT2D eigenvalue weighted by Crippen LogP contribution is -2.28. The lowest BCUT2D eigenvalue weighted by atomic mass is 10.1. The number of anilines is 3. The molecule has 6 heteroatoms. The molecule has 0 aliphatic carbocycles. The summed E-state index contributed by atoms with van der Waals surface area (Å²) in [4.78, 5) is 29.1. The molecule has 0 saturated carbocycles.